The minimum Gasteiger partial charge on any atom is -0.744 e. The molecule has 0 spiro atoms. The molecule has 2 heterocycles. The molecule has 2 aromatic rings. The van der Waals surface area contributed by atoms with Crippen LogP contribution in [0.1, 0.15) is 141 Å². The predicted octanol–water partition coefficient (Wildman–Crippen LogP) is 9.79. The molecule has 0 saturated carbocycles. The van der Waals surface area contributed by atoms with Crippen LogP contribution in [-0.4, -0.2) is 38.9 Å². The van der Waals surface area contributed by atoms with Gasteiger partial charge in [-0.2, -0.15) is 4.57 Å². The SMILES string of the molecule is CCCCCCCCCCCCCCCC[C@H]1CO[C@H](COCCCCCC[n+]2ccsc2)C1.Cc1ccc(S(=O)(=O)[O-])cc1. The summed E-state index contributed by atoms with van der Waals surface area (Å²) in [7, 11) is -4.27. The van der Waals surface area contributed by atoms with Crippen LogP contribution in [0.2, 0.25) is 0 Å². The number of thiazole rings is 1. The van der Waals surface area contributed by atoms with Gasteiger partial charge >= 0.3 is 0 Å². The molecular formula is C37H63NO5S2. The van der Waals surface area contributed by atoms with Gasteiger partial charge in [0.15, 0.2) is 6.20 Å². The smallest absolute Gasteiger partial charge is 0.224 e. The molecule has 0 amide bonds. The van der Waals surface area contributed by atoms with Crippen molar-refractivity contribution < 1.29 is 27.0 Å². The number of hydrogen-bond acceptors (Lipinski definition) is 6. The van der Waals surface area contributed by atoms with E-state index >= 15 is 0 Å². The second-order valence-electron chi connectivity index (χ2n) is 13.0. The topological polar surface area (TPSA) is 79.5 Å². The van der Waals surface area contributed by atoms with Crippen molar-refractivity contribution in [1.82, 2.24) is 0 Å². The molecule has 258 valence electrons. The van der Waals surface area contributed by atoms with E-state index in [0.29, 0.717) is 6.10 Å². The standard InChI is InChI=1S/C30H56NO2S.C7H8O3S/c1-2-3-4-5-6-7-8-9-10-11-12-13-14-17-20-29-25-30(33-26-29)27-32-23-19-16-15-18-21-31-22-24-34-28-31;1-6-2-4-7(5-3-6)11(8,9)10/h22,24,28-30H,2-21,23,25-27H2,1H3;2-5H,1H3,(H,8,9,10)/q+1;/p-1/t29-,30+;/m1./s1. The molecule has 0 radical (unpaired) electrons. The first-order chi connectivity index (χ1) is 21.9. The lowest BCUT2D eigenvalue weighted by Gasteiger charge is -2.10. The number of nitrogens with zero attached hydrogens (tertiary/aromatic N) is 1. The summed E-state index contributed by atoms with van der Waals surface area (Å²) in [6.45, 7) is 7.94. The van der Waals surface area contributed by atoms with Crippen molar-refractivity contribution in [3.8, 4) is 0 Å². The maximum atomic E-state index is 10.4. The predicted molar refractivity (Wildman–Crippen MR) is 186 cm³/mol. The van der Waals surface area contributed by atoms with E-state index in [4.69, 9.17) is 9.47 Å². The monoisotopic (exact) mass is 665 g/mol. The first-order valence-electron chi connectivity index (χ1n) is 18.0. The molecule has 2 atom stereocenters. The summed E-state index contributed by atoms with van der Waals surface area (Å²) in [5.41, 5.74) is 3.12. The Morgan fingerprint density at radius 3 is 2.00 bits per heavy atom. The van der Waals surface area contributed by atoms with Crippen LogP contribution in [0.15, 0.2) is 46.2 Å². The summed E-state index contributed by atoms with van der Waals surface area (Å²) in [6.07, 6.45) is 30.3. The van der Waals surface area contributed by atoms with Crippen molar-refractivity contribution in [2.45, 2.75) is 160 Å². The lowest BCUT2D eigenvalue weighted by molar-refractivity contribution is -0.692. The van der Waals surface area contributed by atoms with Crippen LogP contribution in [0, 0.1) is 12.8 Å². The molecule has 1 fully saturated rings. The van der Waals surface area contributed by atoms with Gasteiger partial charge in [-0.1, -0.05) is 132 Å². The fourth-order valence-electron chi connectivity index (χ4n) is 5.89. The fourth-order valence-corrected chi connectivity index (χ4v) is 6.98. The zero-order chi connectivity index (χ0) is 32.4. The van der Waals surface area contributed by atoms with E-state index in [-0.39, 0.29) is 4.90 Å². The van der Waals surface area contributed by atoms with Crippen molar-refractivity contribution in [2.24, 2.45) is 5.92 Å². The molecular weight excluding hydrogens is 603 g/mol. The van der Waals surface area contributed by atoms with Gasteiger partial charge in [0.25, 0.3) is 0 Å². The third-order valence-corrected chi connectivity index (χ3v) is 10.2. The highest BCUT2D eigenvalue weighted by molar-refractivity contribution is 7.85. The maximum Gasteiger partial charge on any atom is 0.224 e. The first kappa shape index (κ1) is 39.9. The molecule has 8 heteroatoms. The Kier molecular flexibility index (Phi) is 22.8. The van der Waals surface area contributed by atoms with Crippen molar-refractivity contribution in [3.63, 3.8) is 0 Å². The van der Waals surface area contributed by atoms with Gasteiger partial charge in [-0.25, -0.2) is 8.42 Å². The molecule has 1 aromatic carbocycles. The molecule has 1 aromatic heterocycles. The first-order valence-corrected chi connectivity index (χ1v) is 20.4. The number of hydrogen-bond donors (Lipinski definition) is 0. The summed E-state index contributed by atoms with van der Waals surface area (Å²) in [4.78, 5) is -0.178. The summed E-state index contributed by atoms with van der Waals surface area (Å²) in [5.74, 6) is 0.778. The second kappa shape index (κ2) is 25.7. The summed E-state index contributed by atoms with van der Waals surface area (Å²) in [6, 6.07) is 5.78. The van der Waals surface area contributed by atoms with Crippen LogP contribution in [0.5, 0.6) is 0 Å². The molecule has 3 rings (SSSR count). The van der Waals surface area contributed by atoms with Gasteiger partial charge in [-0.15, -0.1) is 0 Å². The average molecular weight is 666 g/mol. The van der Waals surface area contributed by atoms with Crippen molar-refractivity contribution in [2.75, 3.05) is 19.8 Å². The molecule has 0 unspecified atom stereocenters. The van der Waals surface area contributed by atoms with E-state index in [9.17, 15) is 13.0 Å². The fraction of sp³-hybridized carbons (Fsp3) is 0.757. The van der Waals surface area contributed by atoms with Gasteiger partial charge in [-0.3, -0.25) is 0 Å². The van der Waals surface area contributed by atoms with Gasteiger partial charge in [-0.05, 0) is 50.7 Å². The van der Waals surface area contributed by atoms with Crippen LogP contribution in [0.25, 0.3) is 0 Å². The van der Waals surface area contributed by atoms with E-state index in [1.807, 2.05) is 6.92 Å². The molecule has 0 bridgehead atoms. The highest BCUT2D eigenvalue weighted by Crippen LogP contribution is 2.25. The number of benzene rings is 1. The van der Waals surface area contributed by atoms with Crippen molar-refractivity contribution in [3.05, 3.63) is 46.9 Å². The van der Waals surface area contributed by atoms with Crippen molar-refractivity contribution in [1.29, 1.82) is 0 Å². The van der Waals surface area contributed by atoms with Gasteiger partial charge in [0.1, 0.15) is 16.7 Å². The van der Waals surface area contributed by atoms with E-state index in [1.54, 1.807) is 23.5 Å². The quantitative estimate of drug-likeness (QED) is 0.0599. The Morgan fingerprint density at radius 2 is 1.42 bits per heavy atom. The van der Waals surface area contributed by atoms with E-state index in [2.05, 4.69) is 28.6 Å². The lowest BCUT2D eigenvalue weighted by atomic mass is 9.97. The third-order valence-electron chi connectivity index (χ3n) is 8.73. The summed E-state index contributed by atoms with van der Waals surface area (Å²) in [5, 5.41) is 2.14. The maximum absolute atomic E-state index is 10.4. The Labute approximate surface area is 280 Å². The van der Waals surface area contributed by atoms with Gasteiger partial charge < -0.3 is 14.0 Å². The number of rotatable bonds is 25. The largest absolute Gasteiger partial charge is 0.744 e. The number of aryl methyl sites for hydroxylation is 2. The normalized spacial score (nSPS) is 16.5. The highest BCUT2D eigenvalue weighted by atomic mass is 32.2. The van der Waals surface area contributed by atoms with Gasteiger partial charge in [0.05, 0.1) is 23.0 Å². The lowest BCUT2D eigenvalue weighted by Crippen LogP contribution is -2.29. The van der Waals surface area contributed by atoms with Crippen LogP contribution in [0.3, 0.4) is 0 Å². The molecule has 1 aliphatic rings. The van der Waals surface area contributed by atoms with E-state index < -0.39 is 10.1 Å². The van der Waals surface area contributed by atoms with Crippen LogP contribution >= 0.6 is 11.3 Å². The number of aromatic nitrogens is 1. The minimum absolute atomic E-state index is 0.178. The van der Waals surface area contributed by atoms with Crippen LogP contribution in [0.4, 0.5) is 0 Å². The Hall–Kier alpha value is -1.32. The molecule has 45 heavy (non-hydrogen) atoms. The Balaban J connectivity index is 0.000000537. The zero-order valence-electron chi connectivity index (χ0n) is 28.5. The minimum atomic E-state index is -4.27. The second-order valence-corrected chi connectivity index (χ2v) is 15.1. The molecule has 0 aliphatic carbocycles. The van der Waals surface area contributed by atoms with Crippen LogP contribution < -0.4 is 4.57 Å². The molecule has 1 aliphatic heterocycles. The average Bonchev–Trinajstić information content (AvgIpc) is 3.71. The van der Waals surface area contributed by atoms with Gasteiger partial charge in [0, 0.05) is 19.6 Å². The van der Waals surface area contributed by atoms with E-state index in [1.165, 1.54) is 141 Å². The third kappa shape index (κ3) is 21.2. The zero-order valence-corrected chi connectivity index (χ0v) is 30.1. The summed E-state index contributed by atoms with van der Waals surface area (Å²) < 4.78 is 45.4. The van der Waals surface area contributed by atoms with E-state index in [0.717, 1.165) is 37.8 Å². The van der Waals surface area contributed by atoms with Crippen LogP contribution in [-0.2, 0) is 26.1 Å². The number of unbranched alkanes of at least 4 members (excludes halogenated alkanes) is 16. The Bertz CT molecular complexity index is 1040. The molecule has 0 N–H and O–H groups in total. The van der Waals surface area contributed by atoms with Gasteiger partial charge in [0.2, 0.25) is 5.51 Å². The summed E-state index contributed by atoms with van der Waals surface area (Å²) >= 11 is 1.77. The highest BCUT2D eigenvalue weighted by Gasteiger charge is 2.25. The molecule has 6 nitrogen and oxygen atoms in total. The molecule has 1 saturated heterocycles. The van der Waals surface area contributed by atoms with Crippen molar-refractivity contribution >= 4 is 21.5 Å². The Morgan fingerprint density at radius 1 is 0.844 bits per heavy atom. The number of ether oxygens (including phenoxy) is 2.